The second kappa shape index (κ2) is 13.2. The van der Waals surface area contributed by atoms with Crippen LogP contribution in [0.3, 0.4) is 0 Å². The maximum atomic E-state index is 14.7. The Morgan fingerprint density at radius 1 is 0.957 bits per heavy atom. The summed E-state index contributed by atoms with van der Waals surface area (Å²) in [6.07, 6.45) is 11.0. The third kappa shape index (κ3) is 6.81. The second-order valence-corrected chi connectivity index (χ2v) is 12.2. The Hall–Kier alpha value is -5.27. The molecule has 1 aromatic carbocycles. The molecule has 13 heteroatoms. The lowest BCUT2D eigenvalue weighted by molar-refractivity contribution is -0.117. The number of aromatic amines is 2. The first-order valence-corrected chi connectivity index (χ1v) is 15.7. The Bertz CT molecular complexity index is 2050. The standard InChI is InChI=1S/C34H36FN11O/c1-46(2)8-7-39-24-11-21(10-23(35)13-24)27-17-38-18-30-32(27)43-34(42-30)33-26-14-28(40-19-29(26)44-45-33)22-12-25(16-37-15-22)41-31(47)9-20-3-5-36-6-4-20/h10-20,36,39H,3-9H2,1-2H3,(H,41,47)(H,42,43)(H,44,45). The number of hydrogen-bond donors (Lipinski definition) is 5. The van der Waals surface area contributed by atoms with E-state index in [4.69, 9.17) is 4.98 Å². The molecule has 0 spiro atoms. The molecule has 240 valence electrons. The average molecular weight is 634 g/mol. The van der Waals surface area contributed by atoms with Crippen LogP contribution in [0, 0.1) is 11.7 Å². The number of likely N-dealkylation sites (N-methyl/N-ethyl adjacent to an activating group) is 1. The summed E-state index contributed by atoms with van der Waals surface area (Å²) in [6.45, 7) is 3.40. The molecule has 1 saturated heterocycles. The fourth-order valence-corrected chi connectivity index (χ4v) is 5.99. The van der Waals surface area contributed by atoms with E-state index >= 15 is 0 Å². The number of piperidine rings is 1. The Kier molecular flexibility index (Phi) is 8.55. The molecule has 0 radical (unpaired) electrons. The molecule has 47 heavy (non-hydrogen) atoms. The van der Waals surface area contributed by atoms with E-state index in [2.05, 4.69) is 51.0 Å². The molecule has 5 N–H and O–H groups in total. The van der Waals surface area contributed by atoms with E-state index in [1.807, 2.05) is 32.3 Å². The van der Waals surface area contributed by atoms with Crippen LogP contribution in [0.25, 0.3) is 55.8 Å². The number of imidazole rings is 1. The summed E-state index contributed by atoms with van der Waals surface area (Å²) in [4.78, 5) is 36.4. The van der Waals surface area contributed by atoms with E-state index in [0.717, 1.165) is 48.9 Å². The SMILES string of the molecule is CN(C)CCNc1cc(F)cc(-c2cncc3[nH]c(-c4n[nH]c5cnc(-c6cncc(NC(=O)CC7CCNCC7)c6)cc45)nc23)c1. The number of anilines is 2. The van der Waals surface area contributed by atoms with Gasteiger partial charge in [-0.15, -0.1) is 0 Å². The van der Waals surface area contributed by atoms with Crippen LogP contribution in [0.15, 0.2) is 61.3 Å². The molecular weight excluding hydrogens is 597 g/mol. The van der Waals surface area contributed by atoms with Gasteiger partial charge in [0.05, 0.1) is 46.5 Å². The van der Waals surface area contributed by atoms with E-state index in [1.165, 1.54) is 12.1 Å². The molecule has 7 rings (SSSR count). The third-order valence-corrected chi connectivity index (χ3v) is 8.41. The quantitative estimate of drug-likeness (QED) is 0.139. The predicted octanol–water partition coefficient (Wildman–Crippen LogP) is 5.07. The number of H-pyrrole nitrogens is 2. The van der Waals surface area contributed by atoms with Crippen LogP contribution >= 0.6 is 0 Å². The first-order chi connectivity index (χ1) is 22.9. The van der Waals surface area contributed by atoms with Gasteiger partial charge >= 0.3 is 0 Å². The van der Waals surface area contributed by atoms with Crippen LogP contribution in [-0.4, -0.2) is 86.2 Å². The zero-order valence-corrected chi connectivity index (χ0v) is 26.3. The first-order valence-electron chi connectivity index (χ1n) is 15.7. The molecule has 1 aliphatic heterocycles. The van der Waals surface area contributed by atoms with Gasteiger partial charge in [-0.2, -0.15) is 5.10 Å². The summed E-state index contributed by atoms with van der Waals surface area (Å²) in [5.74, 6) is 0.573. The highest BCUT2D eigenvalue weighted by Gasteiger charge is 2.19. The van der Waals surface area contributed by atoms with E-state index in [1.54, 1.807) is 31.0 Å². The number of amides is 1. The molecule has 5 aromatic heterocycles. The summed E-state index contributed by atoms with van der Waals surface area (Å²) in [5.41, 5.74) is 6.82. The van der Waals surface area contributed by atoms with Crippen LogP contribution in [0.4, 0.5) is 15.8 Å². The van der Waals surface area contributed by atoms with E-state index in [9.17, 15) is 9.18 Å². The Morgan fingerprint density at radius 3 is 2.64 bits per heavy atom. The zero-order valence-electron chi connectivity index (χ0n) is 26.3. The van der Waals surface area contributed by atoms with Gasteiger partial charge in [0.15, 0.2) is 5.82 Å². The van der Waals surface area contributed by atoms with Crippen LogP contribution in [-0.2, 0) is 4.79 Å². The molecular formula is C34H36FN11O. The maximum Gasteiger partial charge on any atom is 0.224 e. The first kappa shape index (κ1) is 30.4. The molecule has 0 aliphatic carbocycles. The summed E-state index contributed by atoms with van der Waals surface area (Å²) in [7, 11) is 3.99. The molecule has 6 aromatic rings. The average Bonchev–Trinajstić information content (AvgIpc) is 3.69. The molecule has 1 fully saturated rings. The van der Waals surface area contributed by atoms with Gasteiger partial charge in [0.2, 0.25) is 5.91 Å². The number of pyridine rings is 3. The van der Waals surface area contributed by atoms with Crippen molar-refractivity contribution in [1.82, 2.24) is 45.3 Å². The van der Waals surface area contributed by atoms with Crippen molar-refractivity contribution < 1.29 is 9.18 Å². The number of fused-ring (bicyclic) bond motifs is 2. The normalized spacial score (nSPS) is 13.9. The Morgan fingerprint density at radius 2 is 1.79 bits per heavy atom. The minimum Gasteiger partial charge on any atom is -0.384 e. The van der Waals surface area contributed by atoms with Gasteiger partial charge in [-0.25, -0.2) is 9.37 Å². The van der Waals surface area contributed by atoms with Crippen molar-refractivity contribution in [3.05, 3.63) is 67.1 Å². The number of carbonyl (C=O) groups is 1. The number of nitrogens with zero attached hydrogens (tertiary/aromatic N) is 6. The highest BCUT2D eigenvalue weighted by atomic mass is 19.1. The number of rotatable bonds is 10. The molecule has 0 bridgehead atoms. The summed E-state index contributed by atoms with van der Waals surface area (Å²) in [5, 5.41) is 18.0. The van der Waals surface area contributed by atoms with E-state index in [0.29, 0.717) is 69.6 Å². The molecule has 0 saturated carbocycles. The van der Waals surface area contributed by atoms with Gasteiger partial charge in [0, 0.05) is 54.1 Å². The monoisotopic (exact) mass is 633 g/mol. The number of hydrogen-bond acceptors (Lipinski definition) is 9. The fraction of sp³-hybridized carbons (Fsp3) is 0.294. The topological polar surface area (TPSA) is 152 Å². The number of aromatic nitrogens is 7. The molecule has 12 nitrogen and oxygen atoms in total. The van der Waals surface area contributed by atoms with Crippen LogP contribution < -0.4 is 16.0 Å². The van der Waals surface area contributed by atoms with E-state index in [-0.39, 0.29) is 11.7 Å². The smallest absolute Gasteiger partial charge is 0.224 e. The maximum absolute atomic E-state index is 14.7. The Labute approximate surface area is 270 Å². The molecule has 0 unspecified atom stereocenters. The number of carbonyl (C=O) groups excluding carboxylic acids is 1. The van der Waals surface area contributed by atoms with Crippen molar-refractivity contribution in [1.29, 1.82) is 0 Å². The van der Waals surface area contributed by atoms with Crippen LogP contribution in [0.5, 0.6) is 0 Å². The molecule has 0 atom stereocenters. The Balaban J connectivity index is 1.16. The van der Waals surface area contributed by atoms with Crippen molar-refractivity contribution in [2.45, 2.75) is 19.3 Å². The second-order valence-electron chi connectivity index (χ2n) is 12.2. The lowest BCUT2D eigenvalue weighted by Crippen LogP contribution is -2.30. The summed E-state index contributed by atoms with van der Waals surface area (Å²) in [6, 6.07) is 8.68. The van der Waals surface area contributed by atoms with Crippen molar-refractivity contribution >= 4 is 39.2 Å². The van der Waals surface area contributed by atoms with Crippen molar-refractivity contribution in [3.63, 3.8) is 0 Å². The molecule has 6 heterocycles. The zero-order chi connectivity index (χ0) is 32.3. The van der Waals surface area contributed by atoms with Crippen molar-refractivity contribution in [3.8, 4) is 33.9 Å². The van der Waals surface area contributed by atoms with Crippen LogP contribution in [0.2, 0.25) is 0 Å². The number of benzene rings is 1. The predicted molar refractivity (Wildman–Crippen MR) is 181 cm³/mol. The van der Waals surface area contributed by atoms with Crippen molar-refractivity contribution in [2.75, 3.05) is 50.9 Å². The van der Waals surface area contributed by atoms with Crippen molar-refractivity contribution in [2.24, 2.45) is 5.92 Å². The minimum absolute atomic E-state index is 0.00909. The van der Waals surface area contributed by atoms with Gasteiger partial charge in [-0.05, 0) is 81.8 Å². The fourth-order valence-electron chi connectivity index (χ4n) is 5.99. The van der Waals surface area contributed by atoms with E-state index < -0.39 is 0 Å². The van der Waals surface area contributed by atoms with Crippen LogP contribution in [0.1, 0.15) is 19.3 Å². The largest absolute Gasteiger partial charge is 0.384 e. The lowest BCUT2D eigenvalue weighted by Gasteiger charge is -2.21. The number of nitrogens with one attached hydrogen (secondary N) is 5. The van der Waals surface area contributed by atoms with Gasteiger partial charge in [-0.3, -0.25) is 24.8 Å². The highest BCUT2D eigenvalue weighted by Crippen LogP contribution is 2.33. The van der Waals surface area contributed by atoms with Gasteiger partial charge < -0.3 is 25.8 Å². The van der Waals surface area contributed by atoms with Gasteiger partial charge in [0.25, 0.3) is 0 Å². The third-order valence-electron chi connectivity index (χ3n) is 8.41. The summed E-state index contributed by atoms with van der Waals surface area (Å²) >= 11 is 0. The minimum atomic E-state index is -0.346. The van der Waals surface area contributed by atoms with Gasteiger partial charge in [-0.1, -0.05) is 0 Å². The lowest BCUT2D eigenvalue weighted by atomic mass is 9.94. The van der Waals surface area contributed by atoms with Gasteiger partial charge in [0.1, 0.15) is 11.5 Å². The molecule has 1 amide bonds. The number of halogens is 1. The molecule has 1 aliphatic rings. The summed E-state index contributed by atoms with van der Waals surface area (Å²) < 4.78 is 14.7. The highest BCUT2D eigenvalue weighted by molar-refractivity contribution is 5.98.